The highest BCUT2D eigenvalue weighted by molar-refractivity contribution is 5.78. The molecule has 1 aromatic carbocycles. The second kappa shape index (κ2) is 8.30. The van der Waals surface area contributed by atoms with Gasteiger partial charge in [0.2, 0.25) is 5.75 Å². The Morgan fingerprint density at radius 2 is 1.72 bits per heavy atom. The van der Waals surface area contributed by atoms with Gasteiger partial charge in [0.25, 0.3) is 0 Å². The first-order valence-corrected chi connectivity index (χ1v) is 11.2. The van der Waals surface area contributed by atoms with Crippen LogP contribution in [0.4, 0.5) is 0 Å². The summed E-state index contributed by atoms with van der Waals surface area (Å²) in [5.74, 6) is 1.97. The van der Waals surface area contributed by atoms with Gasteiger partial charge in [0.15, 0.2) is 11.5 Å². The minimum Gasteiger partial charge on any atom is -0.493 e. The molecule has 2 saturated heterocycles. The van der Waals surface area contributed by atoms with Gasteiger partial charge in [-0.1, -0.05) is 0 Å². The Balaban J connectivity index is 1.34. The number of hydrogen-bond donors (Lipinski definition) is 1. The van der Waals surface area contributed by atoms with Crippen LogP contribution in [0.1, 0.15) is 31.2 Å². The lowest BCUT2D eigenvalue weighted by atomic mass is 9.85. The molecule has 170 valence electrons. The van der Waals surface area contributed by atoms with E-state index in [-0.39, 0.29) is 0 Å². The van der Waals surface area contributed by atoms with E-state index in [4.69, 9.17) is 14.2 Å². The smallest absolute Gasteiger partial charge is 0.203 e. The maximum absolute atomic E-state index is 11.6. The number of pyridine rings is 1. The van der Waals surface area contributed by atoms with E-state index < -0.39 is 5.60 Å². The van der Waals surface area contributed by atoms with Crippen molar-refractivity contribution in [1.29, 1.82) is 0 Å². The molecule has 1 unspecified atom stereocenters. The van der Waals surface area contributed by atoms with E-state index in [2.05, 4.69) is 26.7 Å². The molecule has 1 N–H and O–H groups in total. The van der Waals surface area contributed by atoms with E-state index in [1.54, 1.807) is 21.3 Å². The summed E-state index contributed by atoms with van der Waals surface area (Å²) in [6, 6.07) is 8.88. The molecule has 2 fully saturated rings. The Morgan fingerprint density at radius 3 is 2.34 bits per heavy atom. The van der Waals surface area contributed by atoms with Gasteiger partial charge in [0.1, 0.15) is 0 Å². The van der Waals surface area contributed by atoms with E-state index in [1.165, 1.54) is 0 Å². The molecule has 0 amide bonds. The van der Waals surface area contributed by atoms with Crippen molar-refractivity contribution >= 4 is 10.9 Å². The average Bonchev–Trinajstić information content (AvgIpc) is 3.31. The highest BCUT2D eigenvalue weighted by atomic mass is 16.5. The molecule has 7 heteroatoms. The van der Waals surface area contributed by atoms with E-state index in [1.807, 2.05) is 30.6 Å². The third kappa shape index (κ3) is 3.69. The first-order valence-electron chi connectivity index (χ1n) is 11.2. The predicted molar refractivity (Wildman–Crippen MR) is 122 cm³/mol. The number of benzene rings is 1. The van der Waals surface area contributed by atoms with Crippen molar-refractivity contribution in [1.82, 2.24) is 14.5 Å². The van der Waals surface area contributed by atoms with Gasteiger partial charge in [-0.25, -0.2) is 0 Å². The van der Waals surface area contributed by atoms with Crippen molar-refractivity contribution in [2.24, 2.45) is 0 Å². The third-order valence-corrected chi connectivity index (χ3v) is 7.13. The van der Waals surface area contributed by atoms with E-state index >= 15 is 0 Å². The van der Waals surface area contributed by atoms with Crippen LogP contribution in [0, 0.1) is 0 Å². The van der Waals surface area contributed by atoms with Gasteiger partial charge >= 0.3 is 0 Å². The zero-order chi connectivity index (χ0) is 22.3. The topological polar surface area (TPSA) is 69.0 Å². The lowest BCUT2D eigenvalue weighted by Gasteiger charge is -2.44. The summed E-state index contributed by atoms with van der Waals surface area (Å²) in [5.41, 5.74) is 1.50. The summed E-state index contributed by atoms with van der Waals surface area (Å²) in [7, 11) is 4.91. The molecule has 3 atom stereocenters. The summed E-state index contributed by atoms with van der Waals surface area (Å²) in [6.45, 7) is 1.41. The minimum atomic E-state index is -0.709. The van der Waals surface area contributed by atoms with Gasteiger partial charge in [0, 0.05) is 36.4 Å². The van der Waals surface area contributed by atoms with Crippen molar-refractivity contribution in [2.45, 2.75) is 56.5 Å². The van der Waals surface area contributed by atoms with Crippen LogP contribution in [0.5, 0.6) is 17.2 Å². The number of ether oxygens (including phenoxy) is 3. The quantitative estimate of drug-likeness (QED) is 0.609. The van der Waals surface area contributed by atoms with Crippen molar-refractivity contribution in [3.63, 3.8) is 0 Å². The number of hydrogen-bond acceptors (Lipinski definition) is 6. The largest absolute Gasteiger partial charge is 0.493 e. The Labute approximate surface area is 188 Å². The first kappa shape index (κ1) is 21.1. The fraction of sp³-hybridized carbons (Fsp3) is 0.480. The zero-order valence-electron chi connectivity index (χ0n) is 19.0. The molecule has 7 nitrogen and oxygen atoms in total. The van der Waals surface area contributed by atoms with Crippen LogP contribution >= 0.6 is 0 Å². The molecule has 2 aliphatic heterocycles. The standard InChI is InChI=1S/C25H31N3O4/c1-30-22-10-17(11-23(31-2)24(22)32-3)15-28-19-4-5-20(28)13-25(29,12-19)16-27-9-7-18-6-8-26-14-21(18)27/h6-11,14,19-20,29H,4-5,12-13,15-16H2,1-3H3/t19-,20+,25?. The van der Waals surface area contributed by atoms with E-state index in [0.29, 0.717) is 35.9 Å². The maximum Gasteiger partial charge on any atom is 0.203 e. The minimum absolute atomic E-state index is 0.359. The fourth-order valence-electron chi connectivity index (χ4n) is 5.72. The maximum atomic E-state index is 11.6. The molecule has 0 saturated carbocycles. The highest BCUT2D eigenvalue weighted by Gasteiger charge is 2.47. The molecular weight excluding hydrogens is 406 g/mol. The van der Waals surface area contributed by atoms with Gasteiger partial charge in [-0.15, -0.1) is 0 Å². The molecule has 0 radical (unpaired) electrons. The van der Waals surface area contributed by atoms with Crippen molar-refractivity contribution in [3.8, 4) is 17.2 Å². The molecule has 32 heavy (non-hydrogen) atoms. The summed E-state index contributed by atoms with van der Waals surface area (Å²) in [6.07, 6.45) is 9.53. The van der Waals surface area contributed by atoms with Crippen LogP contribution in [-0.2, 0) is 13.1 Å². The lowest BCUT2D eigenvalue weighted by Crippen LogP contribution is -2.52. The number of piperidine rings is 1. The van der Waals surface area contributed by atoms with E-state index in [9.17, 15) is 5.11 Å². The Kier molecular flexibility index (Phi) is 5.47. The van der Waals surface area contributed by atoms with Crippen molar-refractivity contribution in [3.05, 3.63) is 48.4 Å². The van der Waals surface area contributed by atoms with Crippen LogP contribution in [0.2, 0.25) is 0 Å². The SMILES string of the molecule is COc1cc(CN2[C@@H]3CC[C@H]2CC(O)(Cn2ccc4ccncc42)C3)cc(OC)c1OC. The number of methoxy groups -OCH3 is 3. The molecule has 2 aromatic heterocycles. The molecular formula is C25H31N3O4. The molecule has 2 bridgehead atoms. The normalized spacial score (nSPS) is 25.2. The average molecular weight is 438 g/mol. The van der Waals surface area contributed by atoms with Crippen LogP contribution in [0.3, 0.4) is 0 Å². The predicted octanol–water partition coefficient (Wildman–Crippen LogP) is 3.62. The van der Waals surface area contributed by atoms with Gasteiger partial charge in [-0.3, -0.25) is 9.88 Å². The van der Waals surface area contributed by atoms with Gasteiger partial charge in [-0.2, -0.15) is 0 Å². The van der Waals surface area contributed by atoms with Crippen LogP contribution in [0.25, 0.3) is 10.9 Å². The molecule has 0 spiro atoms. The second-order valence-corrected chi connectivity index (χ2v) is 9.10. The molecule has 5 rings (SSSR count). The Bertz CT molecular complexity index is 1070. The van der Waals surface area contributed by atoms with Crippen molar-refractivity contribution < 1.29 is 19.3 Å². The summed E-state index contributed by atoms with van der Waals surface area (Å²) < 4.78 is 18.7. The van der Waals surface area contributed by atoms with Crippen molar-refractivity contribution in [2.75, 3.05) is 21.3 Å². The monoisotopic (exact) mass is 437 g/mol. The molecule has 3 aromatic rings. The van der Waals surface area contributed by atoms with Gasteiger partial charge < -0.3 is 23.9 Å². The summed E-state index contributed by atoms with van der Waals surface area (Å²) >= 11 is 0. The Hall–Kier alpha value is -2.77. The number of aliphatic hydroxyl groups is 1. The lowest BCUT2D eigenvalue weighted by molar-refractivity contribution is -0.0644. The number of fused-ring (bicyclic) bond motifs is 3. The fourth-order valence-corrected chi connectivity index (χ4v) is 5.72. The highest BCUT2D eigenvalue weighted by Crippen LogP contribution is 2.44. The zero-order valence-corrected chi connectivity index (χ0v) is 19.0. The van der Waals surface area contributed by atoms with Crippen LogP contribution in [-0.4, -0.2) is 58.6 Å². The first-order chi connectivity index (χ1) is 15.5. The summed E-state index contributed by atoms with van der Waals surface area (Å²) in [5, 5.41) is 12.7. The molecule has 2 aliphatic rings. The summed E-state index contributed by atoms with van der Waals surface area (Å²) in [4.78, 5) is 6.81. The van der Waals surface area contributed by atoms with Crippen LogP contribution < -0.4 is 14.2 Å². The van der Waals surface area contributed by atoms with Gasteiger partial charge in [-0.05, 0) is 55.5 Å². The second-order valence-electron chi connectivity index (χ2n) is 9.10. The third-order valence-electron chi connectivity index (χ3n) is 7.13. The number of aromatic nitrogens is 2. The Morgan fingerprint density at radius 1 is 1.03 bits per heavy atom. The molecule has 4 heterocycles. The van der Waals surface area contributed by atoms with E-state index in [0.717, 1.165) is 48.7 Å². The van der Waals surface area contributed by atoms with Gasteiger partial charge in [0.05, 0.1) is 45.2 Å². The number of nitrogens with zero attached hydrogens (tertiary/aromatic N) is 3. The van der Waals surface area contributed by atoms with Crippen LogP contribution in [0.15, 0.2) is 42.9 Å². The number of rotatable bonds is 7. The molecule has 0 aliphatic carbocycles.